The van der Waals surface area contributed by atoms with Gasteiger partial charge in [-0.15, -0.1) is 24.0 Å². The predicted octanol–water partition coefficient (Wildman–Crippen LogP) is 3.50. The molecule has 0 spiro atoms. The van der Waals surface area contributed by atoms with Gasteiger partial charge in [0.05, 0.1) is 15.2 Å². The number of thiol groups is 1. The Kier molecular flexibility index (Phi) is 3.77. The minimum Gasteiger partial charge on any atom is -0.398 e. The van der Waals surface area contributed by atoms with Crippen LogP contribution in [0.3, 0.4) is 0 Å². The van der Waals surface area contributed by atoms with Crippen LogP contribution in [0.2, 0.25) is 0 Å². The number of hydrogen-bond donors (Lipinski definition) is 2. The average Bonchev–Trinajstić information content (AvgIpc) is 2.49. The van der Waals surface area contributed by atoms with Gasteiger partial charge in [0, 0.05) is 10.6 Å². The van der Waals surface area contributed by atoms with Gasteiger partial charge in [-0.1, -0.05) is 13.8 Å². The molecule has 0 fully saturated rings. The van der Waals surface area contributed by atoms with Gasteiger partial charge in [-0.25, -0.2) is 4.98 Å². The topological polar surface area (TPSA) is 38.9 Å². The second-order valence-corrected chi connectivity index (χ2v) is 4.33. The zero-order valence-electron chi connectivity index (χ0n) is 8.53. The third kappa shape index (κ3) is 2.19. The van der Waals surface area contributed by atoms with Gasteiger partial charge in [-0.2, -0.15) is 0 Å². The third-order valence-corrected chi connectivity index (χ3v) is 2.96. The van der Waals surface area contributed by atoms with Crippen LogP contribution in [0.15, 0.2) is 17.0 Å². The number of benzene rings is 1. The number of hydrogen-bond acceptors (Lipinski definition) is 4. The van der Waals surface area contributed by atoms with Gasteiger partial charge in [0.1, 0.15) is 0 Å². The van der Waals surface area contributed by atoms with Gasteiger partial charge in [-0.3, -0.25) is 0 Å². The van der Waals surface area contributed by atoms with Crippen LogP contribution >= 0.6 is 24.0 Å². The number of aromatic nitrogens is 1. The van der Waals surface area contributed by atoms with Crippen LogP contribution < -0.4 is 5.73 Å². The number of rotatable bonds is 0. The first-order valence-electron chi connectivity index (χ1n) is 4.52. The Balaban J connectivity index is 0.000000461. The summed E-state index contributed by atoms with van der Waals surface area (Å²) in [6, 6.07) is 3.82. The largest absolute Gasteiger partial charge is 0.398 e. The molecule has 1 aromatic carbocycles. The molecule has 2 rings (SSSR count). The van der Waals surface area contributed by atoms with E-state index in [1.165, 1.54) is 0 Å². The first-order valence-corrected chi connectivity index (χ1v) is 5.79. The van der Waals surface area contributed by atoms with E-state index in [0.717, 1.165) is 20.1 Å². The maximum atomic E-state index is 5.68. The SMILES string of the molecule is CC.Cc1nc2cc(N)c(S)cc2s1. The summed E-state index contributed by atoms with van der Waals surface area (Å²) in [5.41, 5.74) is 7.34. The van der Waals surface area contributed by atoms with E-state index in [1.54, 1.807) is 11.3 Å². The Hall–Kier alpha value is -0.740. The molecule has 4 heteroatoms. The molecule has 14 heavy (non-hydrogen) atoms. The highest BCUT2D eigenvalue weighted by atomic mass is 32.1. The van der Waals surface area contributed by atoms with Crippen molar-refractivity contribution in [1.29, 1.82) is 0 Å². The monoisotopic (exact) mass is 226 g/mol. The van der Waals surface area contributed by atoms with Crippen molar-refractivity contribution in [2.24, 2.45) is 0 Å². The molecule has 0 atom stereocenters. The zero-order chi connectivity index (χ0) is 10.7. The van der Waals surface area contributed by atoms with Crippen molar-refractivity contribution >= 4 is 39.9 Å². The molecule has 0 saturated heterocycles. The van der Waals surface area contributed by atoms with Gasteiger partial charge >= 0.3 is 0 Å². The molecule has 0 radical (unpaired) electrons. The zero-order valence-corrected chi connectivity index (χ0v) is 10.2. The fourth-order valence-corrected chi connectivity index (χ4v) is 2.22. The minimum absolute atomic E-state index is 0.691. The number of fused-ring (bicyclic) bond motifs is 1. The normalized spacial score (nSPS) is 9.71. The number of thiazole rings is 1. The summed E-state index contributed by atoms with van der Waals surface area (Å²) in [6.07, 6.45) is 0. The summed E-state index contributed by atoms with van der Waals surface area (Å²) in [4.78, 5) is 5.14. The lowest BCUT2D eigenvalue weighted by Gasteiger charge is -1.96. The van der Waals surface area contributed by atoms with E-state index in [-0.39, 0.29) is 0 Å². The van der Waals surface area contributed by atoms with Crippen molar-refractivity contribution in [3.63, 3.8) is 0 Å². The second-order valence-electron chi connectivity index (χ2n) is 2.61. The predicted molar refractivity (Wildman–Crippen MR) is 67.4 cm³/mol. The van der Waals surface area contributed by atoms with E-state index in [0.29, 0.717) is 5.69 Å². The van der Waals surface area contributed by atoms with Gasteiger partial charge in [0.15, 0.2) is 0 Å². The lowest BCUT2D eigenvalue weighted by atomic mass is 10.3. The molecule has 2 N–H and O–H groups in total. The summed E-state index contributed by atoms with van der Waals surface area (Å²) in [5, 5.41) is 1.06. The van der Waals surface area contributed by atoms with E-state index in [4.69, 9.17) is 5.73 Å². The second kappa shape index (κ2) is 4.66. The van der Waals surface area contributed by atoms with Crippen molar-refractivity contribution in [3.05, 3.63) is 17.1 Å². The van der Waals surface area contributed by atoms with Gasteiger partial charge in [0.2, 0.25) is 0 Å². The summed E-state index contributed by atoms with van der Waals surface area (Å²) in [6.45, 7) is 5.99. The Morgan fingerprint density at radius 2 is 2.00 bits per heavy atom. The number of nitrogen functional groups attached to an aromatic ring is 1. The summed E-state index contributed by atoms with van der Waals surface area (Å²) < 4.78 is 1.15. The molecular formula is C10H14N2S2. The molecule has 0 aliphatic heterocycles. The van der Waals surface area contributed by atoms with Crippen LogP contribution in [0.4, 0.5) is 5.69 Å². The highest BCUT2D eigenvalue weighted by molar-refractivity contribution is 7.80. The van der Waals surface area contributed by atoms with E-state index < -0.39 is 0 Å². The molecule has 0 saturated carbocycles. The van der Waals surface area contributed by atoms with Gasteiger partial charge < -0.3 is 5.73 Å². The van der Waals surface area contributed by atoms with Crippen molar-refractivity contribution in [2.75, 3.05) is 5.73 Å². The lowest BCUT2D eigenvalue weighted by Crippen LogP contribution is -1.85. The highest BCUT2D eigenvalue weighted by Crippen LogP contribution is 2.28. The molecule has 0 aliphatic carbocycles. The molecule has 76 valence electrons. The highest BCUT2D eigenvalue weighted by Gasteiger charge is 2.02. The van der Waals surface area contributed by atoms with Crippen LogP contribution in [0.5, 0.6) is 0 Å². The molecule has 0 aliphatic rings. The van der Waals surface area contributed by atoms with Crippen LogP contribution in [0, 0.1) is 6.92 Å². The number of anilines is 1. The van der Waals surface area contributed by atoms with Crippen molar-refractivity contribution in [3.8, 4) is 0 Å². The standard InChI is InChI=1S/C8H8N2S2.C2H6/c1-4-10-6-2-5(9)7(11)3-8(6)12-4;1-2/h2-3,11H,9H2,1H3;1-2H3. The summed E-state index contributed by atoms with van der Waals surface area (Å²) in [7, 11) is 0. The fourth-order valence-electron chi connectivity index (χ4n) is 1.09. The average molecular weight is 226 g/mol. The quantitative estimate of drug-likeness (QED) is 0.533. The molecule has 0 bridgehead atoms. The Morgan fingerprint density at radius 1 is 1.36 bits per heavy atom. The van der Waals surface area contributed by atoms with E-state index in [9.17, 15) is 0 Å². The van der Waals surface area contributed by atoms with E-state index in [2.05, 4.69) is 17.6 Å². The molecular weight excluding hydrogens is 212 g/mol. The van der Waals surface area contributed by atoms with Gasteiger partial charge in [0.25, 0.3) is 0 Å². The van der Waals surface area contributed by atoms with Crippen molar-refractivity contribution in [1.82, 2.24) is 4.98 Å². The van der Waals surface area contributed by atoms with Crippen LogP contribution in [-0.2, 0) is 0 Å². The number of nitrogens with zero attached hydrogens (tertiary/aromatic N) is 1. The Morgan fingerprint density at radius 3 is 2.64 bits per heavy atom. The van der Waals surface area contributed by atoms with Crippen LogP contribution in [0.25, 0.3) is 10.2 Å². The van der Waals surface area contributed by atoms with Crippen molar-refractivity contribution < 1.29 is 0 Å². The van der Waals surface area contributed by atoms with Gasteiger partial charge in [-0.05, 0) is 19.1 Å². The first-order chi connectivity index (χ1) is 6.66. The maximum Gasteiger partial charge on any atom is 0.0907 e. The molecule has 2 aromatic rings. The number of nitrogens with two attached hydrogens (primary N) is 1. The lowest BCUT2D eigenvalue weighted by molar-refractivity contribution is 1.34. The summed E-state index contributed by atoms with van der Waals surface area (Å²) in [5.74, 6) is 0. The molecule has 0 unspecified atom stereocenters. The van der Waals surface area contributed by atoms with Crippen LogP contribution in [0.1, 0.15) is 18.9 Å². The molecule has 1 heterocycles. The minimum atomic E-state index is 0.691. The van der Waals surface area contributed by atoms with Crippen molar-refractivity contribution in [2.45, 2.75) is 25.7 Å². The smallest absolute Gasteiger partial charge is 0.0907 e. The number of aryl methyl sites for hydroxylation is 1. The Bertz CT molecular complexity index is 396. The van der Waals surface area contributed by atoms with E-state index >= 15 is 0 Å². The third-order valence-electron chi connectivity index (χ3n) is 1.64. The Labute approximate surface area is 93.6 Å². The molecule has 0 amide bonds. The molecule has 1 aromatic heterocycles. The molecule has 2 nitrogen and oxygen atoms in total. The summed E-state index contributed by atoms with van der Waals surface area (Å²) >= 11 is 5.90. The van der Waals surface area contributed by atoms with Crippen LogP contribution in [-0.4, -0.2) is 4.98 Å². The fraction of sp³-hybridized carbons (Fsp3) is 0.300. The first kappa shape index (κ1) is 11.3. The maximum absolute atomic E-state index is 5.68. The van der Waals surface area contributed by atoms with E-state index in [1.807, 2.05) is 32.9 Å².